The summed E-state index contributed by atoms with van der Waals surface area (Å²) in [5.74, 6) is -0.292. The molecule has 0 spiro atoms. The van der Waals surface area contributed by atoms with Crippen LogP contribution in [0.1, 0.15) is 5.69 Å². The minimum Gasteiger partial charge on any atom is -0.214 e. The fourth-order valence-corrected chi connectivity index (χ4v) is 1.50. The van der Waals surface area contributed by atoms with Crippen molar-refractivity contribution in [2.24, 2.45) is 0 Å². The first-order valence-electron chi connectivity index (χ1n) is 3.34. The Morgan fingerprint density at radius 2 is 2.33 bits per heavy atom. The number of nitrogens with zero attached hydrogens (tertiary/aromatic N) is 3. The second-order valence-electron chi connectivity index (χ2n) is 2.42. The lowest BCUT2D eigenvalue weighted by Crippen LogP contribution is -1.97. The monoisotopic (exact) mass is 229 g/mol. The summed E-state index contributed by atoms with van der Waals surface area (Å²) in [4.78, 5) is 3.96. The van der Waals surface area contributed by atoms with Crippen LogP contribution < -0.4 is 0 Å². The van der Waals surface area contributed by atoms with E-state index in [2.05, 4.69) is 26.0 Å². The van der Waals surface area contributed by atoms with Crippen molar-refractivity contribution < 1.29 is 4.39 Å². The lowest BCUT2D eigenvalue weighted by Gasteiger charge is -2.00. The average Bonchev–Trinajstić information content (AvgIpc) is 2.48. The Labute approximate surface area is 76.4 Å². The van der Waals surface area contributed by atoms with E-state index in [-0.39, 0.29) is 5.82 Å². The van der Waals surface area contributed by atoms with Crippen molar-refractivity contribution in [3.63, 3.8) is 0 Å². The third-order valence-electron chi connectivity index (χ3n) is 1.68. The van der Waals surface area contributed by atoms with Gasteiger partial charge in [-0.05, 0) is 28.9 Å². The maximum atomic E-state index is 13.1. The summed E-state index contributed by atoms with van der Waals surface area (Å²) >= 11 is 3.20. The molecule has 0 aromatic carbocycles. The van der Waals surface area contributed by atoms with E-state index in [1.807, 2.05) is 0 Å². The first kappa shape index (κ1) is 7.67. The third-order valence-corrected chi connectivity index (χ3v) is 2.26. The molecule has 0 aliphatic heterocycles. The predicted molar refractivity (Wildman–Crippen MR) is 45.4 cm³/mol. The molecule has 0 aliphatic rings. The van der Waals surface area contributed by atoms with Crippen LogP contribution in [0.2, 0.25) is 0 Å². The molecule has 0 atom stereocenters. The molecule has 0 radical (unpaired) electrons. The highest BCUT2D eigenvalue weighted by Gasteiger charge is 2.07. The Morgan fingerprint density at radius 3 is 3.08 bits per heavy atom. The van der Waals surface area contributed by atoms with Crippen molar-refractivity contribution in [2.45, 2.75) is 6.92 Å². The number of rotatable bonds is 0. The van der Waals surface area contributed by atoms with Crippen molar-refractivity contribution in [1.82, 2.24) is 14.6 Å². The van der Waals surface area contributed by atoms with Crippen molar-refractivity contribution in [3.8, 4) is 0 Å². The van der Waals surface area contributed by atoms with E-state index in [1.54, 1.807) is 6.92 Å². The van der Waals surface area contributed by atoms with Gasteiger partial charge in [0, 0.05) is 0 Å². The quantitative estimate of drug-likeness (QED) is 0.692. The molecule has 12 heavy (non-hydrogen) atoms. The zero-order valence-corrected chi connectivity index (χ0v) is 7.84. The molecule has 2 aromatic rings. The van der Waals surface area contributed by atoms with E-state index in [0.29, 0.717) is 15.8 Å². The van der Waals surface area contributed by atoms with E-state index in [4.69, 9.17) is 0 Å². The smallest absolute Gasteiger partial charge is 0.169 e. The molecule has 0 unspecified atom stereocenters. The minimum atomic E-state index is -0.292. The largest absolute Gasteiger partial charge is 0.214 e. The number of fused-ring (bicyclic) bond motifs is 1. The second kappa shape index (κ2) is 2.52. The zero-order chi connectivity index (χ0) is 8.72. The number of halogens is 2. The zero-order valence-electron chi connectivity index (χ0n) is 6.25. The van der Waals surface area contributed by atoms with Gasteiger partial charge in [0.2, 0.25) is 0 Å². The van der Waals surface area contributed by atoms with Gasteiger partial charge >= 0.3 is 0 Å². The maximum Gasteiger partial charge on any atom is 0.169 e. The molecule has 62 valence electrons. The standard InChI is InChI=1S/C7H5BrFN3/c1-4-6(9)2-5(8)7-10-3-11-12(4)7/h2-3H,1H3. The van der Waals surface area contributed by atoms with Crippen LogP contribution in [-0.4, -0.2) is 14.6 Å². The first-order valence-corrected chi connectivity index (χ1v) is 4.14. The van der Waals surface area contributed by atoms with Crippen molar-refractivity contribution >= 4 is 21.6 Å². The number of aromatic nitrogens is 3. The van der Waals surface area contributed by atoms with Gasteiger partial charge in [-0.2, -0.15) is 5.10 Å². The van der Waals surface area contributed by atoms with Crippen LogP contribution in [0.3, 0.4) is 0 Å². The molecule has 0 aliphatic carbocycles. The van der Waals surface area contributed by atoms with Crippen LogP contribution in [0.25, 0.3) is 5.65 Å². The number of hydrogen-bond donors (Lipinski definition) is 0. The van der Waals surface area contributed by atoms with Crippen LogP contribution in [0.15, 0.2) is 16.9 Å². The third kappa shape index (κ3) is 0.929. The number of aryl methyl sites for hydroxylation is 1. The molecule has 2 heterocycles. The Hall–Kier alpha value is -0.970. The molecule has 0 amide bonds. The fraction of sp³-hybridized carbons (Fsp3) is 0.143. The molecule has 2 aromatic heterocycles. The number of hydrogen-bond acceptors (Lipinski definition) is 2. The summed E-state index contributed by atoms with van der Waals surface area (Å²) in [7, 11) is 0. The molecular weight excluding hydrogens is 225 g/mol. The highest BCUT2D eigenvalue weighted by Crippen LogP contribution is 2.19. The topological polar surface area (TPSA) is 30.2 Å². The normalized spacial score (nSPS) is 10.9. The summed E-state index contributed by atoms with van der Waals surface area (Å²) in [5, 5.41) is 3.88. The molecule has 5 heteroatoms. The molecule has 0 fully saturated rings. The molecule has 0 saturated heterocycles. The molecule has 3 nitrogen and oxygen atoms in total. The van der Waals surface area contributed by atoms with E-state index in [1.165, 1.54) is 16.9 Å². The summed E-state index contributed by atoms with van der Waals surface area (Å²) in [5.41, 5.74) is 1.10. The van der Waals surface area contributed by atoms with E-state index in [9.17, 15) is 4.39 Å². The van der Waals surface area contributed by atoms with E-state index < -0.39 is 0 Å². The van der Waals surface area contributed by atoms with E-state index >= 15 is 0 Å². The highest BCUT2D eigenvalue weighted by molar-refractivity contribution is 9.10. The molecule has 0 saturated carbocycles. The van der Waals surface area contributed by atoms with Crippen molar-refractivity contribution in [3.05, 3.63) is 28.4 Å². The lowest BCUT2D eigenvalue weighted by molar-refractivity contribution is 0.599. The molecular formula is C7H5BrFN3. The summed E-state index contributed by atoms with van der Waals surface area (Å²) in [6.45, 7) is 1.66. The molecule has 0 N–H and O–H groups in total. The van der Waals surface area contributed by atoms with Crippen LogP contribution in [0.5, 0.6) is 0 Å². The summed E-state index contributed by atoms with van der Waals surface area (Å²) in [6, 6.07) is 1.39. The number of pyridine rings is 1. The second-order valence-corrected chi connectivity index (χ2v) is 3.28. The summed E-state index contributed by atoms with van der Waals surface area (Å²) < 4.78 is 15.1. The average molecular weight is 230 g/mol. The van der Waals surface area contributed by atoms with Gasteiger partial charge in [-0.25, -0.2) is 13.9 Å². The maximum absolute atomic E-state index is 13.1. The summed E-state index contributed by atoms with van der Waals surface area (Å²) in [6.07, 6.45) is 1.40. The SMILES string of the molecule is Cc1c(F)cc(Br)c2ncnn12. The van der Waals surface area contributed by atoms with Gasteiger partial charge in [0.25, 0.3) is 0 Å². The van der Waals surface area contributed by atoms with Gasteiger partial charge in [-0.3, -0.25) is 0 Å². The minimum absolute atomic E-state index is 0.292. The van der Waals surface area contributed by atoms with Crippen LogP contribution >= 0.6 is 15.9 Å². The Bertz CT molecular complexity index is 437. The van der Waals surface area contributed by atoms with Gasteiger partial charge < -0.3 is 0 Å². The van der Waals surface area contributed by atoms with Gasteiger partial charge in [-0.1, -0.05) is 0 Å². The highest BCUT2D eigenvalue weighted by atomic mass is 79.9. The van der Waals surface area contributed by atoms with Gasteiger partial charge in [0.1, 0.15) is 12.1 Å². The molecule has 0 bridgehead atoms. The Kier molecular flexibility index (Phi) is 1.61. The van der Waals surface area contributed by atoms with Crippen LogP contribution in [0, 0.1) is 12.7 Å². The van der Waals surface area contributed by atoms with Gasteiger partial charge in [0.05, 0.1) is 10.2 Å². The molecule has 2 rings (SSSR count). The van der Waals surface area contributed by atoms with Crippen molar-refractivity contribution in [1.29, 1.82) is 0 Å². The van der Waals surface area contributed by atoms with Crippen molar-refractivity contribution in [2.75, 3.05) is 0 Å². The van der Waals surface area contributed by atoms with E-state index in [0.717, 1.165) is 0 Å². The lowest BCUT2D eigenvalue weighted by atomic mass is 10.3. The fourth-order valence-electron chi connectivity index (χ4n) is 1.03. The van der Waals surface area contributed by atoms with Crippen LogP contribution in [0.4, 0.5) is 4.39 Å². The Balaban J connectivity index is 2.97. The van der Waals surface area contributed by atoms with Gasteiger partial charge in [-0.15, -0.1) is 0 Å². The van der Waals surface area contributed by atoms with Crippen LogP contribution in [-0.2, 0) is 0 Å². The first-order chi connectivity index (χ1) is 5.70. The van der Waals surface area contributed by atoms with Gasteiger partial charge in [0.15, 0.2) is 5.65 Å². The predicted octanol–water partition coefficient (Wildman–Crippen LogP) is 1.94. The Morgan fingerprint density at radius 1 is 1.58 bits per heavy atom.